The van der Waals surface area contributed by atoms with Crippen molar-refractivity contribution in [3.63, 3.8) is 0 Å². The molecule has 1 nitrogen and oxygen atoms in total. The molecule has 2 rings (SSSR count). The molecule has 1 aliphatic carbocycles. The lowest BCUT2D eigenvalue weighted by Gasteiger charge is -2.25. The van der Waals surface area contributed by atoms with E-state index in [1.165, 1.54) is 0 Å². The van der Waals surface area contributed by atoms with Crippen LogP contribution < -0.4 is 0 Å². The Bertz CT molecular complexity index is 406. The van der Waals surface area contributed by atoms with Gasteiger partial charge in [-0.1, -0.05) is 30.3 Å². The van der Waals surface area contributed by atoms with Crippen LogP contribution in [0.15, 0.2) is 42.5 Å². The average Bonchev–Trinajstić information content (AvgIpc) is 3.10. The van der Waals surface area contributed by atoms with E-state index in [9.17, 15) is 18.3 Å². The number of rotatable bonds is 3. The molecule has 0 saturated heterocycles. The van der Waals surface area contributed by atoms with E-state index in [0.29, 0.717) is 5.56 Å². The van der Waals surface area contributed by atoms with Gasteiger partial charge in [-0.15, -0.1) is 0 Å². The van der Waals surface area contributed by atoms with Crippen molar-refractivity contribution < 1.29 is 18.3 Å². The highest BCUT2D eigenvalue weighted by molar-refractivity contribution is 5.30. The maximum Gasteiger partial charge on any atom is 0.409 e. The van der Waals surface area contributed by atoms with Crippen LogP contribution in [0.4, 0.5) is 13.2 Å². The van der Waals surface area contributed by atoms with Gasteiger partial charge in [0.1, 0.15) is 5.60 Å². The molecule has 1 N–H and O–H groups in total. The normalized spacial score (nSPS) is 20.5. The maximum atomic E-state index is 12.2. The summed E-state index contributed by atoms with van der Waals surface area (Å²) < 4.78 is 36.6. The van der Waals surface area contributed by atoms with Crippen LogP contribution in [0, 0.1) is 5.92 Å². The summed E-state index contributed by atoms with van der Waals surface area (Å²) in [5, 5.41) is 10.4. The molecule has 0 amide bonds. The second kappa shape index (κ2) is 4.18. The molecule has 4 heteroatoms. The minimum atomic E-state index is -4.39. The van der Waals surface area contributed by atoms with Crippen molar-refractivity contribution >= 4 is 0 Å². The molecule has 1 saturated carbocycles. The topological polar surface area (TPSA) is 20.2 Å². The molecule has 1 atom stereocenters. The number of halogens is 3. The number of aliphatic hydroxyl groups is 1. The molecule has 0 aliphatic heterocycles. The van der Waals surface area contributed by atoms with Crippen molar-refractivity contribution in [2.45, 2.75) is 24.6 Å². The van der Waals surface area contributed by atoms with Gasteiger partial charge in [-0.05, 0) is 30.4 Å². The Labute approximate surface area is 97.6 Å². The lowest BCUT2D eigenvalue weighted by atomic mass is 9.88. The zero-order valence-electron chi connectivity index (χ0n) is 9.11. The van der Waals surface area contributed by atoms with Crippen molar-refractivity contribution in [1.29, 1.82) is 0 Å². The van der Waals surface area contributed by atoms with Gasteiger partial charge in [-0.3, -0.25) is 0 Å². The van der Waals surface area contributed by atoms with E-state index in [-0.39, 0.29) is 12.0 Å². The van der Waals surface area contributed by atoms with Crippen molar-refractivity contribution in [2.75, 3.05) is 0 Å². The SMILES string of the molecule is OC(/C=C/C(F)(F)F)(c1ccccc1)C1CC1. The van der Waals surface area contributed by atoms with Crippen molar-refractivity contribution in [3.8, 4) is 0 Å². The van der Waals surface area contributed by atoms with Crippen LogP contribution in [0.3, 0.4) is 0 Å². The molecule has 1 aliphatic rings. The standard InChI is InChI=1S/C13H13F3O/c14-13(15,16)9-8-12(17,11-6-7-11)10-4-2-1-3-5-10/h1-5,8-9,11,17H,6-7H2/b9-8+. The zero-order chi connectivity index (χ0) is 12.5. The highest BCUT2D eigenvalue weighted by atomic mass is 19.4. The fourth-order valence-corrected chi connectivity index (χ4v) is 1.92. The molecule has 0 heterocycles. The summed E-state index contributed by atoms with van der Waals surface area (Å²) in [6.45, 7) is 0. The van der Waals surface area contributed by atoms with Crippen molar-refractivity contribution in [3.05, 3.63) is 48.0 Å². The molecular formula is C13H13F3O. The molecule has 92 valence electrons. The number of allylic oxidation sites excluding steroid dienone is 1. The van der Waals surface area contributed by atoms with E-state index in [1.807, 2.05) is 0 Å². The van der Waals surface area contributed by atoms with Crippen LogP contribution in [-0.4, -0.2) is 11.3 Å². The minimum absolute atomic E-state index is 0.108. The lowest BCUT2D eigenvalue weighted by molar-refractivity contribution is -0.0818. The summed E-state index contributed by atoms with van der Waals surface area (Å²) in [5.74, 6) is -0.108. The quantitative estimate of drug-likeness (QED) is 0.805. The van der Waals surface area contributed by atoms with Gasteiger partial charge in [0.2, 0.25) is 0 Å². The summed E-state index contributed by atoms with van der Waals surface area (Å²) in [7, 11) is 0. The van der Waals surface area contributed by atoms with E-state index >= 15 is 0 Å². The zero-order valence-corrected chi connectivity index (χ0v) is 9.11. The molecule has 1 aromatic carbocycles. The summed E-state index contributed by atoms with van der Waals surface area (Å²) in [6, 6.07) is 8.50. The molecule has 17 heavy (non-hydrogen) atoms. The molecule has 1 fully saturated rings. The Balaban J connectivity index is 2.31. The summed E-state index contributed by atoms with van der Waals surface area (Å²) in [6.07, 6.45) is -1.88. The second-order valence-electron chi connectivity index (χ2n) is 4.34. The highest BCUT2D eigenvalue weighted by Crippen LogP contribution is 2.47. The monoisotopic (exact) mass is 242 g/mol. The van der Waals surface area contributed by atoms with Gasteiger partial charge in [0.05, 0.1) is 0 Å². The molecule has 0 spiro atoms. The van der Waals surface area contributed by atoms with Crippen LogP contribution >= 0.6 is 0 Å². The van der Waals surface area contributed by atoms with Gasteiger partial charge < -0.3 is 5.11 Å². The number of benzene rings is 1. The Morgan fingerprint density at radius 3 is 2.12 bits per heavy atom. The number of hydrogen-bond donors (Lipinski definition) is 1. The maximum absolute atomic E-state index is 12.2. The second-order valence-corrected chi connectivity index (χ2v) is 4.34. The number of alkyl halides is 3. The summed E-state index contributed by atoms with van der Waals surface area (Å²) >= 11 is 0. The van der Waals surface area contributed by atoms with Crippen molar-refractivity contribution in [1.82, 2.24) is 0 Å². The van der Waals surface area contributed by atoms with Gasteiger partial charge >= 0.3 is 6.18 Å². The Morgan fingerprint density at radius 2 is 1.65 bits per heavy atom. The first-order valence-electron chi connectivity index (χ1n) is 5.47. The largest absolute Gasteiger partial charge is 0.409 e. The van der Waals surface area contributed by atoms with E-state index in [1.54, 1.807) is 30.3 Å². The predicted molar refractivity (Wildman–Crippen MR) is 58.3 cm³/mol. The van der Waals surface area contributed by atoms with Crippen LogP contribution in [0.25, 0.3) is 0 Å². The van der Waals surface area contributed by atoms with E-state index in [0.717, 1.165) is 18.9 Å². The molecule has 1 unspecified atom stereocenters. The van der Waals surface area contributed by atoms with Gasteiger partial charge in [0.15, 0.2) is 0 Å². The molecular weight excluding hydrogens is 229 g/mol. The first kappa shape index (κ1) is 12.2. The van der Waals surface area contributed by atoms with Gasteiger partial charge in [0, 0.05) is 6.08 Å². The predicted octanol–water partition coefficient (Wildman–Crippen LogP) is 3.40. The summed E-state index contributed by atoms with van der Waals surface area (Å²) in [4.78, 5) is 0. The van der Waals surface area contributed by atoms with Gasteiger partial charge in [0.25, 0.3) is 0 Å². The third-order valence-electron chi connectivity index (χ3n) is 2.96. The number of hydrogen-bond acceptors (Lipinski definition) is 1. The lowest BCUT2D eigenvalue weighted by Crippen LogP contribution is -2.26. The molecule has 0 bridgehead atoms. The first-order chi connectivity index (χ1) is 7.92. The third kappa shape index (κ3) is 2.88. The van der Waals surface area contributed by atoms with Crippen LogP contribution in [0.1, 0.15) is 18.4 Å². The minimum Gasteiger partial charge on any atom is -0.381 e. The van der Waals surface area contributed by atoms with Crippen LogP contribution in [-0.2, 0) is 5.60 Å². The van der Waals surface area contributed by atoms with E-state index in [4.69, 9.17) is 0 Å². The van der Waals surface area contributed by atoms with E-state index in [2.05, 4.69) is 0 Å². The Morgan fingerprint density at radius 1 is 1.06 bits per heavy atom. The van der Waals surface area contributed by atoms with Crippen LogP contribution in [0.2, 0.25) is 0 Å². The fraction of sp³-hybridized carbons (Fsp3) is 0.385. The molecule has 0 radical (unpaired) electrons. The van der Waals surface area contributed by atoms with E-state index < -0.39 is 11.8 Å². The Kier molecular flexibility index (Phi) is 3.00. The van der Waals surface area contributed by atoms with Gasteiger partial charge in [-0.2, -0.15) is 13.2 Å². The fourth-order valence-electron chi connectivity index (χ4n) is 1.92. The first-order valence-corrected chi connectivity index (χ1v) is 5.47. The Hall–Kier alpha value is -1.29. The third-order valence-corrected chi connectivity index (χ3v) is 2.96. The van der Waals surface area contributed by atoms with Gasteiger partial charge in [-0.25, -0.2) is 0 Å². The summed E-state index contributed by atoms with van der Waals surface area (Å²) in [5.41, 5.74) is -0.973. The molecule has 0 aromatic heterocycles. The van der Waals surface area contributed by atoms with Crippen molar-refractivity contribution in [2.24, 2.45) is 5.92 Å². The van der Waals surface area contributed by atoms with Crippen LogP contribution in [0.5, 0.6) is 0 Å². The highest BCUT2D eigenvalue weighted by Gasteiger charge is 2.44. The average molecular weight is 242 g/mol. The molecule has 1 aromatic rings. The smallest absolute Gasteiger partial charge is 0.381 e.